The maximum Gasteiger partial charge on any atom is 0.214 e. The predicted molar refractivity (Wildman–Crippen MR) is 82.3 cm³/mol. The van der Waals surface area contributed by atoms with Crippen LogP contribution in [0.4, 0.5) is 0 Å². The van der Waals surface area contributed by atoms with E-state index in [1.165, 1.54) is 5.56 Å². The van der Waals surface area contributed by atoms with E-state index in [1.54, 1.807) is 16.1 Å². The van der Waals surface area contributed by atoms with Gasteiger partial charge in [-0.2, -0.15) is 9.40 Å². The summed E-state index contributed by atoms with van der Waals surface area (Å²) in [5.41, 5.74) is 2.27. The van der Waals surface area contributed by atoms with E-state index < -0.39 is 10.0 Å². The summed E-state index contributed by atoms with van der Waals surface area (Å²) in [6.07, 6.45) is 0.767. The lowest BCUT2D eigenvalue weighted by atomic mass is 10.1. The number of aromatic nitrogens is 2. The molecule has 0 bridgehead atoms. The number of hydrogen-bond donors (Lipinski definition) is 0. The first-order chi connectivity index (χ1) is 9.35. The van der Waals surface area contributed by atoms with E-state index in [2.05, 4.69) is 12.0 Å². The Morgan fingerprint density at radius 3 is 2.70 bits per heavy atom. The highest BCUT2D eigenvalue weighted by Gasteiger charge is 2.30. The predicted octanol–water partition coefficient (Wildman–Crippen LogP) is 1.88. The topological polar surface area (TPSA) is 55.2 Å². The molecule has 5 nitrogen and oxygen atoms in total. The number of thioether (sulfide) groups is 1. The van der Waals surface area contributed by atoms with E-state index in [4.69, 9.17) is 0 Å². The standard InChI is InChI=1S/C13H23N3O2S2/c1-5-19-13-11-6-7-16(8-12(11)15(4)14-13)20(17,18)9-10(2)3/h10H,5-9H2,1-4H3. The molecule has 1 aromatic heterocycles. The summed E-state index contributed by atoms with van der Waals surface area (Å²) in [6.45, 7) is 7.01. The fourth-order valence-electron chi connectivity index (χ4n) is 2.52. The van der Waals surface area contributed by atoms with Gasteiger partial charge in [0.25, 0.3) is 0 Å². The molecule has 0 amide bonds. The third kappa shape index (κ3) is 3.20. The minimum atomic E-state index is -3.16. The van der Waals surface area contributed by atoms with Crippen molar-refractivity contribution in [1.82, 2.24) is 14.1 Å². The SMILES string of the molecule is CCSc1nn(C)c2c1CCN(S(=O)(=O)CC(C)C)C2. The van der Waals surface area contributed by atoms with Gasteiger partial charge in [0.15, 0.2) is 0 Å². The maximum absolute atomic E-state index is 12.3. The van der Waals surface area contributed by atoms with E-state index in [9.17, 15) is 8.42 Å². The number of nitrogens with zero attached hydrogens (tertiary/aromatic N) is 3. The van der Waals surface area contributed by atoms with Gasteiger partial charge in [0.2, 0.25) is 10.0 Å². The second-order valence-corrected chi connectivity index (χ2v) is 8.81. The number of aryl methyl sites for hydroxylation is 1. The zero-order chi connectivity index (χ0) is 14.9. The Morgan fingerprint density at radius 2 is 2.10 bits per heavy atom. The molecule has 0 unspecified atom stereocenters. The highest BCUT2D eigenvalue weighted by atomic mass is 32.2. The Hall–Kier alpha value is -0.530. The Balaban J connectivity index is 2.23. The molecule has 0 N–H and O–H groups in total. The second-order valence-electron chi connectivity index (χ2n) is 5.54. The Morgan fingerprint density at radius 1 is 1.40 bits per heavy atom. The molecule has 114 valence electrons. The molecule has 1 aromatic rings. The first kappa shape index (κ1) is 15.9. The minimum absolute atomic E-state index is 0.152. The van der Waals surface area contributed by atoms with Crippen LogP contribution in [0.25, 0.3) is 0 Å². The number of fused-ring (bicyclic) bond motifs is 1. The highest BCUT2D eigenvalue weighted by molar-refractivity contribution is 7.99. The van der Waals surface area contributed by atoms with Crippen molar-refractivity contribution in [3.8, 4) is 0 Å². The van der Waals surface area contributed by atoms with Crippen molar-refractivity contribution >= 4 is 21.8 Å². The van der Waals surface area contributed by atoms with Crippen molar-refractivity contribution in [2.45, 2.75) is 38.8 Å². The largest absolute Gasteiger partial charge is 0.270 e. The van der Waals surface area contributed by atoms with E-state index in [0.29, 0.717) is 13.1 Å². The van der Waals surface area contributed by atoms with Crippen molar-refractivity contribution in [2.75, 3.05) is 18.1 Å². The molecule has 7 heteroatoms. The first-order valence-electron chi connectivity index (χ1n) is 7.00. The van der Waals surface area contributed by atoms with Gasteiger partial charge in [-0.3, -0.25) is 4.68 Å². The molecule has 0 fully saturated rings. The second kappa shape index (κ2) is 6.07. The molecule has 0 saturated heterocycles. The van der Waals surface area contributed by atoms with E-state index in [-0.39, 0.29) is 11.7 Å². The molecular formula is C13H23N3O2S2. The number of rotatable bonds is 5. The summed E-state index contributed by atoms with van der Waals surface area (Å²) in [7, 11) is -1.26. The summed E-state index contributed by atoms with van der Waals surface area (Å²) in [4.78, 5) is 0. The van der Waals surface area contributed by atoms with E-state index in [1.807, 2.05) is 25.6 Å². The van der Waals surface area contributed by atoms with Gasteiger partial charge in [0, 0.05) is 19.2 Å². The molecule has 0 aliphatic carbocycles. The Kier molecular flexibility index (Phi) is 4.81. The van der Waals surface area contributed by atoms with E-state index >= 15 is 0 Å². The highest BCUT2D eigenvalue weighted by Crippen LogP contribution is 2.29. The fourth-order valence-corrected chi connectivity index (χ4v) is 5.11. The molecule has 0 spiro atoms. The minimum Gasteiger partial charge on any atom is -0.270 e. The van der Waals surface area contributed by atoms with Crippen LogP contribution in [-0.2, 0) is 30.0 Å². The van der Waals surface area contributed by atoms with Crippen molar-refractivity contribution in [1.29, 1.82) is 0 Å². The molecule has 0 radical (unpaired) electrons. The maximum atomic E-state index is 12.3. The van der Waals surface area contributed by atoms with Gasteiger partial charge in [0.1, 0.15) is 5.03 Å². The molecule has 2 rings (SSSR count). The third-order valence-corrected chi connectivity index (χ3v) is 6.47. The molecule has 0 saturated carbocycles. The van der Waals surface area contributed by atoms with Crippen LogP contribution in [0.3, 0.4) is 0 Å². The zero-order valence-electron chi connectivity index (χ0n) is 12.6. The number of hydrogen-bond acceptors (Lipinski definition) is 4. The lowest BCUT2D eigenvalue weighted by Crippen LogP contribution is -2.38. The first-order valence-corrected chi connectivity index (χ1v) is 9.60. The molecular weight excluding hydrogens is 294 g/mol. The third-order valence-electron chi connectivity index (χ3n) is 3.39. The lowest BCUT2D eigenvalue weighted by molar-refractivity contribution is 0.376. The zero-order valence-corrected chi connectivity index (χ0v) is 14.2. The van der Waals surface area contributed by atoms with Gasteiger partial charge >= 0.3 is 0 Å². The van der Waals surface area contributed by atoms with Crippen LogP contribution >= 0.6 is 11.8 Å². The average Bonchev–Trinajstić information content (AvgIpc) is 2.65. The lowest BCUT2D eigenvalue weighted by Gasteiger charge is -2.27. The normalized spacial score (nSPS) is 16.6. The molecule has 2 heterocycles. The Bertz CT molecular complexity index is 579. The average molecular weight is 317 g/mol. The molecule has 0 aromatic carbocycles. The van der Waals surface area contributed by atoms with Crippen LogP contribution in [0.5, 0.6) is 0 Å². The van der Waals surface area contributed by atoms with Gasteiger partial charge in [-0.25, -0.2) is 8.42 Å². The number of sulfonamides is 1. The summed E-state index contributed by atoms with van der Waals surface area (Å²) < 4.78 is 28.1. The molecule has 1 aliphatic heterocycles. The Labute approximate surface area is 125 Å². The van der Waals surface area contributed by atoms with Crippen molar-refractivity contribution < 1.29 is 8.42 Å². The van der Waals surface area contributed by atoms with Crippen LogP contribution < -0.4 is 0 Å². The summed E-state index contributed by atoms with van der Waals surface area (Å²) >= 11 is 1.73. The van der Waals surface area contributed by atoms with Crippen molar-refractivity contribution in [2.24, 2.45) is 13.0 Å². The van der Waals surface area contributed by atoms with Crippen LogP contribution in [0.2, 0.25) is 0 Å². The van der Waals surface area contributed by atoms with E-state index in [0.717, 1.165) is 22.9 Å². The van der Waals surface area contributed by atoms with Crippen LogP contribution in [0.15, 0.2) is 5.03 Å². The van der Waals surface area contributed by atoms with Gasteiger partial charge in [-0.05, 0) is 18.1 Å². The summed E-state index contributed by atoms with van der Waals surface area (Å²) in [5, 5.41) is 5.58. The van der Waals surface area contributed by atoms with Crippen molar-refractivity contribution in [3.05, 3.63) is 11.3 Å². The fraction of sp³-hybridized carbons (Fsp3) is 0.769. The molecule has 0 atom stereocenters. The van der Waals surface area contributed by atoms with Crippen molar-refractivity contribution in [3.63, 3.8) is 0 Å². The quantitative estimate of drug-likeness (QED) is 0.778. The monoisotopic (exact) mass is 317 g/mol. The van der Waals surface area contributed by atoms with Gasteiger partial charge < -0.3 is 0 Å². The van der Waals surface area contributed by atoms with Gasteiger partial charge in [0.05, 0.1) is 18.0 Å². The van der Waals surface area contributed by atoms with Crippen LogP contribution in [0, 0.1) is 5.92 Å². The van der Waals surface area contributed by atoms with Crippen LogP contribution in [-0.4, -0.2) is 40.6 Å². The molecule has 20 heavy (non-hydrogen) atoms. The van der Waals surface area contributed by atoms with Gasteiger partial charge in [-0.1, -0.05) is 20.8 Å². The van der Waals surface area contributed by atoms with Crippen LogP contribution in [0.1, 0.15) is 32.0 Å². The summed E-state index contributed by atoms with van der Waals surface area (Å²) in [6, 6.07) is 0. The molecule has 1 aliphatic rings. The van der Waals surface area contributed by atoms with Gasteiger partial charge in [-0.15, -0.1) is 11.8 Å². The smallest absolute Gasteiger partial charge is 0.214 e. The summed E-state index contributed by atoms with van der Waals surface area (Å²) in [5.74, 6) is 1.36.